The zero-order valence-electron chi connectivity index (χ0n) is 9.20. The van der Waals surface area contributed by atoms with Crippen LogP contribution in [0.25, 0.3) is 0 Å². The van der Waals surface area contributed by atoms with Crippen LogP contribution in [0.5, 0.6) is 0 Å². The first-order chi connectivity index (χ1) is 8.10. The summed E-state index contributed by atoms with van der Waals surface area (Å²) >= 11 is 1.42. The third kappa shape index (κ3) is 2.43. The first kappa shape index (κ1) is 11.6. The molecule has 0 saturated carbocycles. The number of hydrogen-bond donors (Lipinski definition) is 1. The molecule has 0 saturated heterocycles. The van der Waals surface area contributed by atoms with Gasteiger partial charge in [0.15, 0.2) is 5.13 Å². The molecule has 17 heavy (non-hydrogen) atoms. The Kier molecular flexibility index (Phi) is 3.07. The molecule has 0 aliphatic rings. The molecule has 2 rings (SSSR count). The monoisotopic (exact) mass is 247 g/mol. The van der Waals surface area contributed by atoms with Crippen molar-refractivity contribution in [2.24, 2.45) is 0 Å². The van der Waals surface area contributed by atoms with Crippen LogP contribution in [0.4, 0.5) is 9.52 Å². The number of aryl methyl sites for hydroxylation is 1. The number of nitrogens with two attached hydrogens (primary N) is 1. The lowest BCUT2D eigenvalue weighted by Crippen LogP contribution is -1.91. The second-order valence-corrected chi connectivity index (χ2v) is 4.78. The number of benzene rings is 1. The van der Waals surface area contributed by atoms with Crippen molar-refractivity contribution in [2.45, 2.75) is 13.3 Å². The molecule has 1 aromatic carbocycles. The lowest BCUT2D eigenvalue weighted by molar-refractivity contribution is 0.623. The Bertz CT molecular complexity index is 598. The van der Waals surface area contributed by atoms with Gasteiger partial charge in [0.2, 0.25) is 0 Å². The predicted octanol–water partition coefficient (Wildman–Crippen LogP) is 2.64. The molecule has 0 atom stereocenters. The molecule has 0 aliphatic heterocycles. The molecule has 86 valence electrons. The molecule has 0 radical (unpaired) electrons. The molecular formula is C12H10FN3S. The molecule has 5 heteroatoms. The lowest BCUT2D eigenvalue weighted by atomic mass is 10.1. The molecule has 3 nitrogen and oxygen atoms in total. The summed E-state index contributed by atoms with van der Waals surface area (Å²) in [6.45, 7) is 1.89. The van der Waals surface area contributed by atoms with Gasteiger partial charge in [-0.3, -0.25) is 0 Å². The molecule has 0 amide bonds. The Balaban J connectivity index is 2.31. The molecule has 2 N–H and O–H groups in total. The number of nitrogens with zero attached hydrogens (tertiary/aromatic N) is 2. The van der Waals surface area contributed by atoms with Crippen molar-refractivity contribution in [2.75, 3.05) is 5.73 Å². The van der Waals surface area contributed by atoms with E-state index in [0.717, 1.165) is 16.1 Å². The van der Waals surface area contributed by atoms with Crippen LogP contribution in [0.2, 0.25) is 0 Å². The van der Waals surface area contributed by atoms with Crippen molar-refractivity contribution in [3.05, 3.63) is 45.7 Å². The van der Waals surface area contributed by atoms with E-state index in [-0.39, 0.29) is 5.56 Å². The predicted molar refractivity (Wildman–Crippen MR) is 65.2 cm³/mol. The third-order valence-electron chi connectivity index (χ3n) is 2.43. The summed E-state index contributed by atoms with van der Waals surface area (Å²) in [5.74, 6) is -0.489. The van der Waals surface area contributed by atoms with Gasteiger partial charge in [-0.1, -0.05) is 6.07 Å². The summed E-state index contributed by atoms with van der Waals surface area (Å²) in [5, 5.41) is 9.28. The van der Waals surface area contributed by atoms with Crippen LogP contribution in [0.3, 0.4) is 0 Å². The van der Waals surface area contributed by atoms with Gasteiger partial charge in [-0.15, -0.1) is 11.3 Å². The first-order valence-corrected chi connectivity index (χ1v) is 5.82. The fourth-order valence-corrected chi connectivity index (χ4v) is 2.44. The van der Waals surface area contributed by atoms with Gasteiger partial charge in [-0.2, -0.15) is 5.26 Å². The minimum absolute atomic E-state index is 0.0673. The zero-order chi connectivity index (χ0) is 12.4. The minimum Gasteiger partial charge on any atom is -0.375 e. The highest BCUT2D eigenvalue weighted by molar-refractivity contribution is 7.15. The van der Waals surface area contributed by atoms with Crippen LogP contribution in [0.15, 0.2) is 18.2 Å². The number of nitriles is 1. The van der Waals surface area contributed by atoms with Crippen LogP contribution in [-0.4, -0.2) is 4.98 Å². The number of halogens is 1. The van der Waals surface area contributed by atoms with E-state index in [1.165, 1.54) is 17.4 Å². The van der Waals surface area contributed by atoms with Crippen LogP contribution >= 0.6 is 11.3 Å². The second kappa shape index (κ2) is 4.52. The molecule has 2 aromatic rings. The Morgan fingerprint density at radius 2 is 2.29 bits per heavy atom. The van der Waals surface area contributed by atoms with Crippen molar-refractivity contribution in [3.8, 4) is 6.07 Å². The van der Waals surface area contributed by atoms with E-state index in [0.29, 0.717) is 11.6 Å². The lowest BCUT2D eigenvalue weighted by Gasteiger charge is -2.01. The number of nitrogen functional groups attached to an aromatic ring is 1. The van der Waals surface area contributed by atoms with Crippen LogP contribution in [-0.2, 0) is 6.42 Å². The molecule has 0 bridgehead atoms. The zero-order valence-corrected chi connectivity index (χ0v) is 10.0. The Labute approximate surface area is 102 Å². The number of hydrogen-bond acceptors (Lipinski definition) is 4. The number of thiazole rings is 1. The smallest absolute Gasteiger partial charge is 0.180 e. The van der Waals surface area contributed by atoms with Crippen molar-refractivity contribution in [1.82, 2.24) is 4.98 Å². The van der Waals surface area contributed by atoms with Gasteiger partial charge in [0.1, 0.15) is 11.9 Å². The molecule has 1 heterocycles. The first-order valence-electron chi connectivity index (χ1n) is 5.00. The maximum absolute atomic E-state index is 13.1. The van der Waals surface area contributed by atoms with Crippen molar-refractivity contribution >= 4 is 16.5 Å². The third-order valence-corrected chi connectivity index (χ3v) is 3.41. The fourth-order valence-electron chi connectivity index (χ4n) is 1.57. The standard InChI is InChI=1S/C12H10FN3S/c1-7-11(17-12(15)16-7)5-8-2-3-10(13)9(4-8)6-14/h2-4H,5H2,1H3,(H2,15,16). The Morgan fingerprint density at radius 1 is 1.53 bits per heavy atom. The van der Waals surface area contributed by atoms with Crippen molar-refractivity contribution < 1.29 is 4.39 Å². The van der Waals surface area contributed by atoms with Gasteiger partial charge in [0.05, 0.1) is 11.3 Å². The van der Waals surface area contributed by atoms with E-state index in [1.807, 2.05) is 13.0 Å². The van der Waals surface area contributed by atoms with Gasteiger partial charge >= 0.3 is 0 Å². The average Bonchev–Trinajstić information content (AvgIpc) is 2.60. The van der Waals surface area contributed by atoms with Gasteiger partial charge in [-0.05, 0) is 24.6 Å². The highest BCUT2D eigenvalue weighted by Gasteiger charge is 2.08. The summed E-state index contributed by atoms with van der Waals surface area (Å²) in [7, 11) is 0. The highest BCUT2D eigenvalue weighted by atomic mass is 32.1. The summed E-state index contributed by atoms with van der Waals surface area (Å²) in [4.78, 5) is 5.16. The van der Waals surface area contributed by atoms with Gasteiger partial charge in [0.25, 0.3) is 0 Å². The van der Waals surface area contributed by atoms with Crippen LogP contribution < -0.4 is 5.73 Å². The normalized spacial score (nSPS) is 10.2. The Hall–Kier alpha value is -1.93. The topological polar surface area (TPSA) is 62.7 Å². The van der Waals surface area contributed by atoms with E-state index in [1.54, 1.807) is 12.1 Å². The molecule has 1 aromatic heterocycles. The minimum atomic E-state index is -0.489. The largest absolute Gasteiger partial charge is 0.375 e. The molecule has 0 fully saturated rings. The summed E-state index contributed by atoms with van der Waals surface area (Å²) in [6.07, 6.45) is 0.621. The average molecular weight is 247 g/mol. The van der Waals surface area contributed by atoms with Crippen molar-refractivity contribution in [3.63, 3.8) is 0 Å². The van der Waals surface area contributed by atoms with Gasteiger partial charge in [-0.25, -0.2) is 9.37 Å². The van der Waals surface area contributed by atoms with Gasteiger partial charge in [0, 0.05) is 11.3 Å². The van der Waals surface area contributed by atoms with E-state index in [9.17, 15) is 4.39 Å². The molecule has 0 aliphatic carbocycles. The Morgan fingerprint density at radius 3 is 2.88 bits per heavy atom. The van der Waals surface area contributed by atoms with E-state index in [4.69, 9.17) is 11.0 Å². The van der Waals surface area contributed by atoms with E-state index in [2.05, 4.69) is 4.98 Å². The summed E-state index contributed by atoms with van der Waals surface area (Å²) in [5.41, 5.74) is 7.44. The second-order valence-electron chi connectivity index (χ2n) is 3.66. The van der Waals surface area contributed by atoms with Crippen LogP contribution in [0, 0.1) is 24.1 Å². The number of aromatic nitrogens is 1. The number of rotatable bonds is 2. The molecule has 0 spiro atoms. The van der Waals surface area contributed by atoms with Crippen molar-refractivity contribution in [1.29, 1.82) is 5.26 Å². The quantitative estimate of drug-likeness (QED) is 0.887. The number of anilines is 1. The van der Waals surface area contributed by atoms with Gasteiger partial charge < -0.3 is 5.73 Å². The van der Waals surface area contributed by atoms with Crippen LogP contribution in [0.1, 0.15) is 21.7 Å². The maximum atomic E-state index is 13.1. The fraction of sp³-hybridized carbons (Fsp3) is 0.167. The molecule has 0 unspecified atom stereocenters. The SMILES string of the molecule is Cc1nc(N)sc1Cc1ccc(F)c(C#N)c1. The van der Waals surface area contributed by atoms with E-state index < -0.39 is 5.82 Å². The summed E-state index contributed by atoms with van der Waals surface area (Å²) in [6, 6.07) is 6.37. The maximum Gasteiger partial charge on any atom is 0.180 e. The highest BCUT2D eigenvalue weighted by Crippen LogP contribution is 2.23. The van der Waals surface area contributed by atoms with E-state index >= 15 is 0 Å². The molecular weight excluding hydrogens is 237 g/mol. The summed E-state index contributed by atoms with van der Waals surface area (Å²) < 4.78 is 13.1.